The fourth-order valence-corrected chi connectivity index (χ4v) is 2.74. The number of hydrogen-bond donors (Lipinski definition) is 2. The van der Waals surface area contributed by atoms with Gasteiger partial charge in [0.2, 0.25) is 0 Å². The molecule has 2 rings (SSSR count). The van der Waals surface area contributed by atoms with Crippen LogP contribution in [-0.2, 0) is 0 Å². The molecule has 1 aliphatic heterocycles. The van der Waals surface area contributed by atoms with Crippen molar-refractivity contribution < 1.29 is 9.90 Å². The Morgan fingerprint density at radius 3 is 3.00 bits per heavy atom. The van der Waals surface area contributed by atoms with E-state index in [-0.39, 0.29) is 24.6 Å². The van der Waals surface area contributed by atoms with E-state index < -0.39 is 0 Å². The molecule has 0 aliphatic carbocycles. The maximum absolute atomic E-state index is 12.1. The smallest absolute Gasteiger partial charge is 0.253 e. The average Bonchev–Trinajstić information content (AvgIpc) is 2.80. The third-order valence-electron chi connectivity index (χ3n) is 3.60. The largest absolute Gasteiger partial charge is 0.395 e. The van der Waals surface area contributed by atoms with Crippen LogP contribution in [0.1, 0.15) is 30.6 Å². The Bertz CT molecular complexity index is 436. The van der Waals surface area contributed by atoms with Gasteiger partial charge < -0.3 is 10.4 Å². The van der Waals surface area contributed by atoms with Gasteiger partial charge in [0.05, 0.1) is 12.2 Å². The molecule has 2 atom stereocenters. The van der Waals surface area contributed by atoms with E-state index >= 15 is 0 Å². The molecule has 1 saturated heterocycles. The van der Waals surface area contributed by atoms with Crippen LogP contribution in [0.2, 0.25) is 0 Å². The second kappa shape index (κ2) is 6.81. The Morgan fingerprint density at radius 1 is 1.60 bits per heavy atom. The van der Waals surface area contributed by atoms with Crippen molar-refractivity contribution in [2.75, 3.05) is 19.7 Å². The molecule has 5 nitrogen and oxygen atoms in total. The van der Waals surface area contributed by atoms with Gasteiger partial charge in [-0.15, -0.1) is 0 Å². The zero-order valence-electron chi connectivity index (χ0n) is 12.1. The van der Waals surface area contributed by atoms with Crippen LogP contribution >= 0.6 is 0 Å². The van der Waals surface area contributed by atoms with Gasteiger partial charge in [-0.05, 0) is 24.5 Å². The van der Waals surface area contributed by atoms with Gasteiger partial charge in [0.25, 0.3) is 5.91 Å². The number of aliphatic hydroxyl groups excluding tert-OH is 1. The summed E-state index contributed by atoms with van der Waals surface area (Å²) in [5.74, 6) is 0.461. The van der Waals surface area contributed by atoms with Crippen LogP contribution in [0.15, 0.2) is 24.5 Å². The van der Waals surface area contributed by atoms with Gasteiger partial charge in [-0.1, -0.05) is 13.8 Å². The van der Waals surface area contributed by atoms with Gasteiger partial charge in [-0.2, -0.15) is 0 Å². The number of carbonyl (C=O) groups excluding carboxylic acids is 1. The predicted octanol–water partition coefficient (Wildman–Crippen LogP) is 0.903. The first-order valence-corrected chi connectivity index (χ1v) is 7.16. The van der Waals surface area contributed by atoms with Gasteiger partial charge >= 0.3 is 0 Å². The van der Waals surface area contributed by atoms with Crippen molar-refractivity contribution in [2.24, 2.45) is 5.92 Å². The van der Waals surface area contributed by atoms with E-state index in [2.05, 4.69) is 29.0 Å². The Hall–Kier alpha value is -1.46. The van der Waals surface area contributed by atoms with E-state index in [1.54, 1.807) is 24.5 Å². The summed E-state index contributed by atoms with van der Waals surface area (Å²) in [5, 5.41) is 12.5. The molecule has 1 amide bonds. The van der Waals surface area contributed by atoms with Crippen molar-refractivity contribution in [3.8, 4) is 0 Å². The molecule has 1 fully saturated rings. The highest BCUT2D eigenvalue weighted by molar-refractivity contribution is 5.94. The van der Waals surface area contributed by atoms with Crippen LogP contribution in [0.25, 0.3) is 0 Å². The maximum Gasteiger partial charge on any atom is 0.253 e. The Kier molecular flexibility index (Phi) is 5.09. The highest BCUT2D eigenvalue weighted by Gasteiger charge is 2.32. The van der Waals surface area contributed by atoms with E-state index in [1.165, 1.54) is 0 Å². The molecule has 0 bridgehead atoms. The molecule has 1 aliphatic rings. The molecule has 110 valence electrons. The highest BCUT2D eigenvalue weighted by Crippen LogP contribution is 2.19. The molecule has 0 spiro atoms. The van der Waals surface area contributed by atoms with Crippen molar-refractivity contribution in [3.63, 3.8) is 0 Å². The highest BCUT2D eigenvalue weighted by atomic mass is 16.3. The first-order valence-electron chi connectivity index (χ1n) is 7.16. The van der Waals surface area contributed by atoms with E-state index in [0.29, 0.717) is 11.5 Å². The second-order valence-electron chi connectivity index (χ2n) is 5.83. The van der Waals surface area contributed by atoms with E-state index in [4.69, 9.17) is 0 Å². The van der Waals surface area contributed by atoms with Crippen molar-refractivity contribution in [1.82, 2.24) is 15.2 Å². The molecular weight excluding hydrogens is 254 g/mol. The topological polar surface area (TPSA) is 65.5 Å². The minimum Gasteiger partial charge on any atom is -0.395 e. The quantitative estimate of drug-likeness (QED) is 0.839. The van der Waals surface area contributed by atoms with Crippen LogP contribution in [0.4, 0.5) is 0 Å². The lowest BCUT2D eigenvalue weighted by molar-refractivity contribution is 0.0937. The summed E-state index contributed by atoms with van der Waals surface area (Å²) in [7, 11) is 0. The molecular formula is C15H23N3O2. The number of nitrogens with zero attached hydrogens (tertiary/aromatic N) is 2. The summed E-state index contributed by atoms with van der Waals surface area (Å²) in [5.41, 5.74) is 0.579. The van der Waals surface area contributed by atoms with E-state index in [9.17, 15) is 9.90 Å². The summed E-state index contributed by atoms with van der Waals surface area (Å²) < 4.78 is 0. The number of nitrogens with one attached hydrogen (secondary N) is 1. The zero-order chi connectivity index (χ0) is 14.5. The Balaban J connectivity index is 1.93. The third kappa shape index (κ3) is 3.77. The van der Waals surface area contributed by atoms with Crippen LogP contribution in [0.5, 0.6) is 0 Å². The maximum atomic E-state index is 12.1. The lowest BCUT2D eigenvalue weighted by Crippen LogP contribution is -2.38. The molecule has 0 radical (unpaired) electrons. The average molecular weight is 277 g/mol. The van der Waals surface area contributed by atoms with E-state index in [0.717, 1.165) is 19.5 Å². The molecule has 2 N–H and O–H groups in total. The normalized spacial score (nSPS) is 23.2. The fraction of sp³-hybridized carbons (Fsp3) is 0.600. The number of aliphatic hydroxyl groups is 1. The molecule has 0 saturated carbocycles. The summed E-state index contributed by atoms with van der Waals surface area (Å²) in [6, 6.07) is 3.76. The molecule has 20 heavy (non-hydrogen) atoms. The molecule has 1 aromatic rings. The van der Waals surface area contributed by atoms with Gasteiger partial charge in [-0.25, -0.2) is 0 Å². The molecule has 0 unspecified atom stereocenters. The minimum absolute atomic E-state index is 0.0915. The van der Waals surface area contributed by atoms with E-state index in [1.807, 2.05) is 0 Å². The number of hydrogen-bond acceptors (Lipinski definition) is 4. The van der Waals surface area contributed by atoms with Crippen LogP contribution < -0.4 is 5.32 Å². The molecule has 2 heterocycles. The third-order valence-corrected chi connectivity index (χ3v) is 3.60. The molecule has 5 heteroatoms. The molecule has 1 aromatic heterocycles. The van der Waals surface area contributed by atoms with Gasteiger partial charge in [0, 0.05) is 37.6 Å². The zero-order valence-corrected chi connectivity index (χ0v) is 12.1. The number of aromatic nitrogens is 1. The van der Waals surface area contributed by atoms with Gasteiger partial charge in [0.1, 0.15) is 0 Å². The fourth-order valence-electron chi connectivity index (χ4n) is 2.74. The van der Waals surface area contributed by atoms with Crippen molar-refractivity contribution >= 4 is 5.91 Å². The number of pyridine rings is 1. The standard InChI is InChI=1S/C15H23N3O2/c1-11(2)8-18-9-13(6-14(18)10-19)17-15(20)12-4-3-5-16-7-12/h3-5,7,11,13-14,19H,6,8-10H2,1-2H3,(H,17,20)/t13-,14-/m0/s1. The summed E-state index contributed by atoms with van der Waals surface area (Å²) in [6.07, 6.45) is 4.02. The summed E-state index contributed by atoms with van der Waals surface area (Å²) in [6.45, 7) is 6.22. The second-order valence-corrected chi connectivity index (χ2v) is 5.83. The number of rotatable bonds is 5. The number of amides is 1. The first kappa shape index (κ1) is 14.9. The first-order chi connectivity index (χ1) is 9.60. The van der Waals surface area contributed by atoms with Crippen molar-refractivity contribution in [2.45, 2.75) is 32.4 Å². The van der Waals surface area contributed by atoms with Gasteiger partial charge in [0.15, 0.2) is 0 Å². The van der Waals surface area contributed by atoms with Crippen LogP contribution in [-0.4, -0.2) is 52.7 Å². The summed E-state index contributed by atoms with van der Waals surface area (Å²) >= 11 is 0. The number of likely N-dealkylation sites (tertiary alicyclic amines) is 1. The van der Waals surface area contributed by atoms with Crippen molar-refractivity contribution in [1.29, 1.82) is 0 Å². The lowest BCUT2D eigenvalue weighted by atomic mass is 10.1. The Labute approximate surface area is 120 Å². The van der Waals surface area contributed by atoms with Crippen LogP contribution in [0.3, 0.4) is 0 Å². The monoisotopic (exact) mass is 277 g/mol. The Morgan fingerprint density at radius 2 is 2.40 bits per heavy atom. The van der Waals surface area contributed by atoms with Crippen molar-refractivity contribution in [3.05, 3.63) is 30.1 Å². The molecule has 0 aromatic carbocycles. The lowest BCUT2D eigenvalue weighted by Gasteiger charge is -2.24. The van der Waals surface area contributed by atoms with Gasteiger partial charge in [-0.3, -0.25) is 14.7 Å². The SMILES string of the molecule is CC(C)CN1C[C@@H](NC(=O)c2cccnc2)C[C@H]1CO. The van der Waals surface area contributed by atoms with Crippen LogP contribution in [0, 0.1) is 5.92 Å². The summed E-state index contributed by atoms with van der Waals surface area (Å²) in [4.78, 5) is 18.3. The minimum atomic E-state index is -0.0915. The predicted molar refractivity (Wildman–Crippen MR) is 77.4 cm³/mol. The number of carbonyl (C=O) groups is 1.